The number of benzene rings is 1. The van der Waals surface area contributed by atoms with Crippen LogP contribution in [-0.4, -0.2) is 9.36 Å². The molecule has 0 aliphatic heterocycles. The Labute approximate surface area is 109 Å². The lowest BCUT2D eigenvalue weighted by Crippen LogP contribution is -2.19. The molecule has 1 aromatic carbocycles. The third-order valence-corrected chi connectivity index (χ3v) is 3.69. The lowest BCUT2D eigenvalue weighted by Gasteiger charge is -2.08. The fourth-order valence-electron chi connectivity index (χ4n) is 1.82. The van der Waals surface area contributed by atoms with E-state index < -0.39 is 0 Å². The van der Waals surface area contributed by atoms with Gasteiger partial charge in [0.2, 0.25) is 0 Å². The van der Waals surface area contributed by atoms with E-state index in [1.165, 1.54) is 0 Å². The summed E-state index contributed by atoms with van der Waals surface area (Å²) in [5, 5.41) is 10.7. The van der Waals surface area contributed by atoms with E-state index in [1.807, 2.05) is 50.6 Å². The highest BCUT2D eigenvalue weighted by molar-refractivity contribution is 8.03. The second kappa shape index (κ2) is 4.75. The van der Waals surface area contributed by atoms with Crippen molar-refractivity contribution >= 4 is 11.8 Å². The lowest BCUT2D eigenvalue weighted by molar-refractivity contribution is 0.630. The average Bonchev–Trinajstić information content (AvgIpc) is 2.56. The molecule has 5 heteroatoms. The van der Waals surface area contributed by atoms with Crippen molar-refractivity contribution in [3.05, 3.63) is 45.9 Å². The maximum absolute atomic E-state index is 12.3. The van der Waals surface area contributed by atoms with Crippen molar-refractivity contribution in [3.8, 4) is 11.1 Å². The standard InChI is InChI=1S/C13H13N3OS/c1-9-4-6-11(7-5-9)16-13(17)12(18-8-14)10(2)15(16)3/h4-7H,1-3H3. The summed E-state index contributed by atoms with van der Waals surface area (Å²) in [6.45, 7) is 3.84. The van der Waals surface area contributed by atoms with E-state index in [2.05, 4.69) is 0 Å². The second-order valence-electron chi connectivity index (χ2n) is 4.08. The predicted molar refractivity (Wildman–Crippen MR) is 72.0 cm³/mol. The maximum atomic E-state index is 12.3. The molecule has 1 aromatic heterocycles. The van der Waals surface area contributed by atoms with E-state index in [-0.39, 0.29) is 5.56 Å². The van der Waals surface area contributed by atoms with Crippen LogP contribution in [0.1, 0.15) is 11.3 Å². The summed E-state index contributed by atoms with van der Waals surface area (Å²) in [6.07, 6.45) is 0. The van der Waals surface area contributed by atoms with Crippen molar-refractivity contribution in [2.75, 3.05) is 0 Å². The van der Waals surface area contributed by atoms with Gasteiger partial charge in [0.25, 0.3) is 5.56 Å². The first-order valence-electron chi connectivity index (χ1n) is 5.48. The van der Waals surface area contributed by atoms with E-state index in [0.29, 0.717) is 4.90 Å². The number of hydrogen-bond acceptors (Lipinski definition) is 3. The molecule has 0 N–H and O–H groups in total. The molecule has 2 rings (SSSR count). The molecule has 18 heavy (non-hydrogen) atoms. The Morgan fingerprint density at radius 2 is 1.83 bits per heavy atom. The topological polar surface area (TPSA) is 50.7 Å². The van der Waals surface area contributed by atoms with Crippen LogP contribution in [0.5, 0.6) is 0 Å². The molecular weight excluding hydrogens is 246 g/mol. The molecule has 0 spiro atoms. The Bertz CT molecular complexity index is 674. The van der Waals surface area contributed by atoms with E-state index in [0.717, 1.165) is 28.7 Å². The normalized spacial score (nSPS) is 10.3. The fraction of sp³-hybridized carbons (Fsp3) is 0.231. The second-order valence-corrected chi connectivity index (χ2v) is 4.88. The molecule has 0 saturated carbocycles. The number of nitriles is 1. The van der Waals surface area contributed by atoms with E-state index in [4.69, 9.17) is 5.26 Å². The zero-order valence-corrected chi connectivity index (χ0v) is 11.3. The average molecular weight is 259 g/mol. The van der Waals surface area contributed by atoms with Crippen molar-refractivity contribution in [2.45, 2.75) is 18.7 Å². The molecule has 0 unspecified atom stereocenters. The van der Waals surface area contributed by atoms with Gasteiger partial charge in [0.1, 0.15) is 10.3 Å². The number of thioether (sulfide) groups is 1. The first-order valence-corrected chi connectivity index (χ1v) is 6.29. The number of nitrogens with zero attached hydrogens (tertiary/aromatic N) is 3. The molecule has 0 atom stereocenters. The molecule has 0 bridgehead atoms. The Hall–Kier alpha value is -1.93. The van der Waals surface area contributed by atoms with Crippen molar-refractivity contribution < 1.29 is 0 Å². The Morgan fingerprint density at radius 3 is 2.39 bits per heavy atom. The van der Waals surface area contributed by atoms with Crippen molar-refractivity contribution in [1.29, 1.82) is 5.26 Å². The Balaban J connectivity index is 2.66. The maximum Gasteiger partial charge on any atom is 0.286 e. The van der Waals surface area contributed by atoms with Crippen LogP contribution in [0.4, 0.5) is 0 Å². The first-order chi connectivity index (χ1) is 8.56. The molecular formula is C13H13N3OS. The van der Waals surface area contributed by atoms with Crippen LogP contribution in [0.25, 0.3) is 5.69 Å². The predicted octanol–water partition coefficient (Wildman–Crippen LogP) is 2.37. The summed E-state index contributed by atoms with van der Waals surface area (Å²) in [6, 6.07) is 7.72. The third-order valence-electron chi connectivity index (χ3n) is 2.93. The number of aromatic nitrogens is 2. The molecule has 0 aliphatic carbocycles. The number of hydrogen-bond donors (Lipinski definition) is 0. The minimum absolute atomic E-state index is 0.148. The number of rotatable bonds is 2. The van der Waals surface area contributed by atoms with Gasteiger partial charge in [-0.25, -0.2) is 4.68 Å². The van der Waals surface area contributed by atoms with Gasteiger partial charge >= 0.3 is 0 Å². The zero-order chi connectivity index (χ0) is 13.3. The van der Waals surface area contributed by atoms with Gasteiger partial charge < -0.3 is 0 Å². The molecule has 92 valence electrons. The van der Waals surface area contributed by atoms with Crippen LogP contribution in [-0.2, 0) is 7.05 Å². The smallest absolute Gasteiger partial charge is 0.284 e. The number of aryl methyl sites for hydroxylation is 1. The van der Waals surface area contributed by atoms with E-state index in [9.17, 15) is 4.79 Å². The van der Waals surface area contributed by atoms with Crippen LogP contribution in [0, 0.1) is 24.5 Å². The summed E-state index contributed by atoms with van der Waals surface area (Å²) < 4.78 is 3.35. The van der Waals surface area contributed by atoms with Crippen LogP contribution in [0.2, 0.25) is 0 Å². The van der Waals surface area contributed by atoms with Gasteiger partial charge in [0.05, 0.1) is 11.4 Å². The molecule has 0 aliphatic rings. The van der Waals surface area contributed by atoms with E-state index >= 15 is 0 Å². The van der Waals surface area contributed by atoms with Gasteiger partial charge in [-0.2, -0.15) is 5.26 Å². The van der Waals surface area contributed by atoms with Crippen LogP contribution in [0.15, 0.2) is 34.0 Å². The minimum Gasteiger partial charge on any atom is -0.284 e. The van der Waals surface area contributed by atoms with E-state index in [1.54, 1.807) is 9.36 Å². The summed E-state index contributed by atoms with van der Waals surface area (Å²) in [7, 11) is 1.82. The van der Waals surface area contributed by atoms with Crippen LogP contribution < -0.4 is 5.56 Å². The highest BCUT2D eigenvalue weighted by Gasteiger charge is 2.16. The molecule has 0 saturated heterocycles. The molecule has 0 radical (unpaired) electrons. The third kappa shape index (κ3) is 1.95. The van der Waals surface area contributed by atoms with Crippen LogP contribution >= 0.6 is 11.8 Å². The van der Waals surface area contributed by atoms with Gasteiger partial charge in [-0.3, -0.25) is 9.48 Å². The van der Waals surface area contributed by atoms with Crippen molar-refractivity contribution in [1.82, 2.24) is 9.36 Å². The Morgan fingerprint density at radius 1 is 1.22 bits per heavy atom. The largest absolute Gasteiger partial charge is 0.286 e. The highest BCUT2D eigenvalue weighted by atomic mass is 32.2. The first kappa shape index (κ1) is 12.5. The van der Waals surface area contributed by atoms with Gasteiger partial charge in [-0.15, -0.1) is 0 Å². The van der Waals surface area contributed by atoms with Gasteiger partial charge in [-0.05, 0) is 37.7 Å². The van der Waals surface area contributed by atoms with Gasteiger partial charge in [0, 0.05) is 7.05 Å². The lowest BCUT2D eigenvalue weighted by atomic mass is 10.2. The molecule has 0 fully saturated rings. The fourth-order valence-corrected chi connectivity index (χ4v) is 2.37. The molecule has 4 nitrogen and oxygen atoms in total. The minimum atomic E-state index is -0.148. The summed E-state index contributed by atoms with van der Waals surface area (Å²) in [5.74, 6) is 0. The zero-order valence-electron chi connectivity index (χ0n) is 10.5. The Kier molecular flexibility index (Phi) is 3.30. The summed E-state index contributed by atoms with van der Waals surface area (Å²) in [4.78, 5) is 12.7. The van der Waals surface area contributed by atoms with Crippen LogP contribution in [0.3, 0.4) is 0 Å². The monoisotopic (exact) mass is 259 g/mol. The summed E-state index contributed by atoms with van der Waals surface area (Å²) >= 11 is 0.913. The number of thiocyanates is 1. The molecule has 1 heterocycles. The van der Waals surface area contributed by atoms with Gasteiger partial charge in [-0.1, -0.05) is 17.7 Å². The van der Waals surface area contributed by atoms with Gasteiger partial charge in [0.15, 0.2) is 0 Å². The SMILES string of the molecule is Cc1ccc(-n2c(=O)c(SC#N)c(C)n2C)cc1. The van der Waals surface area contributed by atoms with Crippen molar-refractivity contribution in [3.63, 3.8) is 0 Å². The molecule has 2 aromatic rings. The molecule has 0 amide bonds. The van der Waals surface area contributed by atoms with Crippen molar-refractivity contribution in [2.24, 2.45) is 7.05 Å². The quantitative estimate of drug-likeness (QED) is 0.614. The summed E-state index contributed by atoms with van der Waals surface area (Å²) in [5.41, 5.74) is 2.60. The highest BCUT2D eigenvalue weighted by Crippen LogP contribution is 2.19.